The third kappa shape index (κ3) is 3.07. The summed E-state index contributed by atoms with van der Waals surface area (Å²) in [6.07, 6.45) is 2.44. The van der Waals surface area contributed by atoms with E-state index in [2.05, 4.69) is 20.7 Å². The van der Waals surface area contributed by atoms with E-state index in [9.17, 15) is 9.59 Å². The van der Waals surface area contributed by atoms with Crippen LogP contribution in [0, 0.1) is 11.8 Å². The molecule has 2 aromatic rings. The molecule has 0 unspecified atom stereocenters. The van der Waals surface area contributed by atoms with Crippen molar-refractivity contribution >= 4 is 11.8 Å². The normalized spacial score (nSPS) is 24.8. The lowest BCUT2D eigenvalue weighted by atomic mass is 9.89. The molecule has 3 atom stereocenters. The van der Waals surface area contributed by atoms with Crippen molar-refractivity contribution in [3.63, 3.8) is 0 Å². The summed E-state index contributed by atoms with van der Waals surface area (Å²) >= 11 is 0. The number of aryl methyl sites for hydroxylation is 1. The van der Waals surface area contributed by atoms with Gasteiger partial charge in [-0.15, -0.1) is 10.2 Å². The summed E-state index contributed by atoms with van der Waals surface area (Å²) in [6.45, 7) is 0.738. The fraction of sp³-hybridized carbons (Fsp3) is 0.500. The number of tetrazole rings is 1. The SMILES string of the molecule is CN(C(=O)c1ccc(-c2nnn(C)n2)cc1)[C@H]1C[C@H]2CC(=O)NC[C@H]2C1. The molecule has 0 bridgehead atoms. The lowest BCUT2D eigenvalue weighted by Crippen LogP contribution is -2.38. The quantitative estimate of drug-likeness (QED) is 0.883. The standard InChI is InChI=1S/C18H22N6O2/c1-23(15-7-13-9-16(25)19-10-14(13)8-15)18(26)12-5-3-11(4-6-12)17-20-22-24(2)21-17/h3-6,13-15H,7-10H2,1-2H3,(H,19,25)/t13-,14+,15-/m0/s1. The molecule has 1 saturated carbocycles. The maximum Gasteiger partial charge on any atom is 0.253 e. The third-order valence-corrected chi connectivity index (χ3v) is 5.59. The number of nitrogens with zero attached hydrogens (tertiary/aromatic N) is 5. The van der Waals surface area contributed by atoms with Crippen molar-refractivity contribution in [2.45, 2.75) is 25.3 Å². The smallest absolute Gasteiger partial charge is 0.253 e. The highest BCUT2D eigenvalue weighted by atomic mass is 16.2. The van der Waals surface area contributed by atoms with E-state index in [0.717, 1.165) is 24.9 Å². The Kier molecular flexibility index (Phi) is 4.18. The van der Waals surface area contributed by atoms with Crippen LogP contribution < -0.4 is 5.32 Å². The molecule has 8 heteroatoms. The van der Waals surface area contributed by atoms with Gasteiger partial charge in [0.2, 0.25) is 11.7 Å². The minimum atomic E-state index is 0.00610. The highest BCUT2D eigenvalue weighted by Crippen LogP contribution is 2.38. The van der Waals surface area contributed by atoms with Gasteiger partial charge in [-0.1, -0.05) is 12.1 Å². The number of nitrogens with one attached hydrogen (secondary N) is 1. The lowest BCUT2D eigenvalue weighted by Gasteiger charge is -2.25. The van der Waals surface area contributed by atoms with Crippen molar-refractivity contribution in [1.29, 1.82) is 0 Å². The molecule has 136 valence electrons. The van der Waals surface area contributed by atoms with Crippen LogP contribution in [-0.2, 0) is 11.8 Å². The highest BCUT2D eigenvalue weighted by molar-refractivity contribution is 5.94. The molecule has 0 radical (unpaired) electrons. The van der Waals surface area contributed by atoms with Crippen molar-refractivity contribution in [1.82, 2.24) is 30.4 Å². The van der Waals surface area contributed by atoms with Gasteiger partial charge in [-0.05, 0) is 42.0 Å². The van der Waals surface area contributed by atoms with Crippen LogP contribution in [0.15, 0.2) is 24.3 Å². The Hall–Kier alpha value is -2.77. The second-order valence-corrected chi connectivity index (χ2v) is 7.25. The van der Waals surface area contributed by atoms with Gasteiger partial charge < -0.3 is 10.2 Å². The van der Waals surface area contributed by atoms with Gasteiger partial charge in [0.15, 0.2) is 0 Å². The Morgan fingerprint density at radius 1 is 1.23 bits per heavy atom. The van der Waals surface area contributed by atoms with Crippen molar-refractivity contribution in [2.75, 3.05) is 13.6 Å². The van der Waals surface area contributed by atoms with Gasteiger partial charge in [-0.3, -0.25) is 9.59 Å². The van der Waals surface area contributed by atoms with Gasteiger partial charge in [-0.25, -0.2) is 0 Å². The number of piperidine rings is 1. The second-order valence-electron chi connectivity index (χ2n) is 7.25. The molecule has 1 aromatic carbocycles. The fourth-order valence-corrected chi connectivity index (χ4v) is 4.08. The van der Waals surface area contributed by atoms with Crippen molar-refractivity contribution in [3.8, 4) is 11.4 Å². The monoisotopic (exact) mass is 354 g/mol. The predicted octanol–water partition coefficient (Wildman–Crippen LogP) is 0.864. The first-order valence-electron chi connectivity index (χ1n) is 8.89. The third-order valence-electron chi connectivity index (χ3n) is 5.59. The average Bonchev–Trinajstić information content (AvgIpc) is 3.26. The largest absolute Gasteiger partial charge is 0.356 e. The summed E-state index contributed by atoms with van der Waals surface area (Å²) in [5, 5.41) is 14.9. The van der Waals surface area contributed by atoms with E-state index >= 15 is 0 Å². The number of carbonyl (C=O) groups is 2. The lowest BCUT2D eigenvalue weighted by molar-refractivity contribution is -0.124. The van der Waals surface area contributed by atoms with Crippen LogP contribution in [0.25, 0.3) is 11.4 Å². The van der Waals surface area contributed by atoms with Crippen LogP contribution >= 0.6 is 0 Å². The first-order valence-corrected chi connectivity index (χ1v) is 8.89. The van der Waals surface area contributed by atoms with Gasteiger partial charge in [0.25, 0.3) is 5.91 Å². The van der Waals surface area contributed by atoms with E-state index in [0.29, 0.717) is 29.6 Å². The number of benzene rings is 1. The van der Waals surface area contributed by atoms with E-state index in [1.54, 1.807) is 19.2 Å². The minimum Gasteiger partial charge on any atom is -0.356 e. The summed E-state index contributed by atoms with van der Waals surface area (Å²) in [5.74, 6) is 1.56. The zero-order valence-corrected chi connectivity index (χ0v) is 14.9. The molecule has 2 fully saturated rings. The number of carbonyl (C=O) groups excluding carboxylic acids is 2. The summed E-state index contributed by atoms with van der Waals surface area (Å²) in [7, 11) is 3.57. The molecular formula is C18H22N6O2. The molecule has 0 spiro atoms. The van der Waals surface area contributed by atoms with Crippen LogP contribution in [0.5, 0.6) is 0 Å². The Bertz CT molecular complexity index is 830. The van der Waals surface area contributed by atoms with Gasteiger partial charge in [0.05, 0.1) is 7.05 Å². The first-order chi connectivity index (χ1) is 12.5. The van der Waals surface area contributed by atoms with Crippen LogP contribution in [0.2, 0.25) is 0 Å². The molecule has 2 heterocycles. The maximum atomic E-state index is 12.8. The maximum absolute atomic E-state index is 12.8. The van der Waals surface area contributed by atoms with E-state index in [-0.39, 0.29) is 17.9 Å². The highest BCUT2D eigenvalue weighted by Gasteiger charge is 2.40. The number of hydrogen-bond donors (Lipinski definition) is 1. The van der Waals surface area contributed by atoms with Crippen LogP contribution in [0.1, 0.15) is 29.6 Å². The van der Waals surface area contributed by atoms with Gasteiger partial charge >= 0.3 is 0 Å². The molecule has 2 aliphatic rings. The van der Waals surface area contributed by atoms with E-state index in [1.807, 2.05) is 24.1 Å². The van der Waals surface area contributed by atoms with Gasteiger partial charge in [0, 0.05) is 37.2 Å². The summed E-state index contributed by atoms with van der Waals surface area (Å²) in [5.41, 5.74) is 1.47. The molecule has 4 rings (SSSR count). The van der Waals surface area contributed by atoms with Crippen molar-refractivity contribution in [2.24, 2.45) is 18.9 Å². The van der Waals surface area contributed by atoms with E-state index < -0.39 is 0 Å². The zero-order valence-electron chi connectivity index (χ0n) is 14.9. The number of fused-ring (bicyclic) bond motifs is 1. The predicted molar refractivity (Wildman–Crippen MR) is 94.0 cm³/mol. The fourth-order valence-electron chi connectivity index (χ4n) is 4.08. The zero-order chi connectivity index (χ0) is 18.3. The summed E-state index contributed by atoms with van der Waals surface area (Å²) < 4.78 is 0. The molecule has 26 heavy (non-hydrogen) atoms. The molecule has 1 aliphatic heterocycles. The Balaban J connectivity index is 1.44. The van der Waals surface area contributed by atoms with E-state index in [1.165, 1.54) is 4.80 Å². The molecule has 8 nitrogen and oxygen atoms in total. The summed E-state index contributed by atoms with van der Waals surface area (Å²) in [4.78, 5) is 27.7. The van der Waals surface area contributed by atoms with E-state index in [4.69, 9.17) is 0 Å². The van der Waals surface area contributed by atoms with Gasteiger partial charge in [-0.2, -0.15) is 4.80 Å². The molecule has 1 aliphatic carbocycles. The first kappa shape index (κ1) is 16.7. The molecule has 1 aromatic heterocycles. The van der Waals surface area contributed by atoms with Crippen molar-refractivity contribution < 1.29 is 9.59 Å². The molecule has 2 amide bonds. The number of aromatic nitrogens is 4. The average molecular weight is 354 g/mol. The Morgan fingerprint density at radius 2 is 1.96 bits per heavy atom. The molecule has 1 saturated heterocycles. The number of amides is 2. The van der Waals surface area contributed by atoms with Crippen LogP contribution in [0.3, 0.4) is 0 Å². The summed E-state index contributed by atoms with van der Waals surface area (Å²) in [6, 6.07) is 7.48. The molecule has 1 N–H and O–H groups in total. The Morgan fingerprint density at radius 3 is 2.65 bits per heavy atom. The van der Waals surface area contributed by atoms with Gasteiger partial charge in [0.1, 0.15) is 0 Å². The van der Waals surface area contributed by atoms with Crippen LogP contribution in [0.4, 0.5) is 0 Å². The minimum absolute atomic E-state index is 0.00610. The van der Waals surface area contributed by atoms with Crippen LogP contribution in [-0.4, -0.2) is 56.6 Å². The Labute approximate surface area is 151 Å². The van der Waals surface area contributed by atoms with Crippen molar-refractivity contribution in [3.05, 3.63) is 29.8 Å². The number of rotatable bonds is 3. The second kappa shape index (κ2) is 6.51. The topological polar surface area (TPSA) is 93.0 Å². The number of hydrogen-bond acceptors (Lipinski definition) is 5. The molecular weight excluding hydrogens is 332 g/mol.